The van der Waals surface area contributed by atoms with Gasteiger partial charge in [-0.3, -0.25) is 10.1 Å². The molecular weight excluding hydrogens is 247 g/mol. The molecule has 0 heterocycles. The van der Waals surface area contributed by atoms with E-state index in [-0.39, 0.29) is 5.69 Å². The molecule has 2 aromatic rings. The molecule has 2 rings (SSSR count). The van der Waals surface area contributed by atoms with Crippen LogP contribution in [0.25, 0.3) is 0 Å². The normalized spacial score (nSPS) is 10.2. The molecule has 0 atom stereocenters. The number of nitro groups is 1. The lowest BCUT2D eigenvalue weighted by Crippen LogP contribution is -2.16. The van der Waals surface area contributed by atoms with Crippen molar-refractivity contribution in [2.24, 2.45) is 0 Å². The minimum absolute atomic E-state index is 0.246. The molecule has 0 fully saturated rings. The summed E-state index contributed by atoms with van der Waals surface area (Å²) in [6, 6.07) is 13.0. The molecule has 2 aromatic carbocycles. The first-order valence-electron chi connectivity index (χ1n) is 5.89. The highest BCUT2D eigenvalue weighted by Gasteiger charge is 2.14. The number of rotatable bonds is 4. The topological polar surface area (TPSA) is 46.4 Å². The van der Waals surface area contributed by atoms with Gasteiger partial charge in [0.2, 0.25) is 0 Å². The maximum Gasteiger partial charge on any atom is 0.274 e. The first-order valence-corrected chi connectivity index (χ1v) is 5.89. The second-order valence-corrected chi connectivity index (χ2v) is 4.00. The van der Waals surface area contributed by atoms with Gasteiger partial charge in [0, 0.05) is 18.3 Å². The number of nitro benzene ring substituents is 1. The summed E-state index contributed by atoms with van der Waals surface area (Å²) in [4.78, 5) is 12.0. The number of halogens is 1. The Morgan fingerprint density at radius 3 is 2.42 bits per heavy atom. The van der Waals surface area contributed by atoms with Crippen molar-refractivity contribution in [3.63, 3.8) is 0 Å². The Labute approximate surface area is 110 Å². The molecule has 0 aliphatic heterocycles. The number of nitrogens with zero attached hydrogens (tertiary/aromatic N) is 2. The third-order valence-corrected chi connectivity index (χ3v) is 2.77. The first-order chi connectivity index (χ1) is 9.11. The smallest absolute Gasteiger partial charge is 0.274 e. The van der Waals surface area contributed by atoms with Gasteiger partial charge in [0.25, 0.3) is 5.69 Å². The van der Waals surface area contributed by atoms with Gasteiger partial charge >= 0.3 is 0 Å². The van der Waals surface area contributed by atoms with E-state index in [9.17, 15) is 14.5 Å². The molecule has 0 unspecified atom stereocenters. The summed E-state index contributed by atoms with van der Waals surface area (Å²) in [7, 11) is 0. The average molecular weight is 260 g/mol. The minimum Gasteiger partial charge on any atom is -0.341 e. The van der Waals surface area contributed by atoms with Crippen molar-refractivity contribution in [1.82, 2.24) is 0 Å². The van der Waals surface area contributed by atoms with Crippen molar-refractivity contribution < 1.29 is 9.31 Å². The fourth-order valence-corrected chi connectivity index (χ4v) is 1.94. The number of para-hydroxylation sites is 1. The Kier molecular flexibility index (Phi) is 3.75. The molecule has 4 nitrogen and oxygen atoms in total. The highest BCUT2D eigenvalue weighted by Crippen LogP contribution is 2.29. The van der Waals surface area contributed by atoms with Gasteiger partial charge in [0.05, 0.1) is 16.7 Å². The Balaban J connectivity index is 2.47. The summed E-state index contributed by atoms with van der Waals surface area (Å²) in [5.41, 5.74) is 1.09. The second kappa shape index (κ2) is 5.48. The molecule has 0 aliphatic rings. The molecule has 0 N–H and O–H groups in total. The molecule has 0 saturated heterocycles. The molecule has 0 spiro atoms. The largest absolute Gasteiger partial charge is 0.341 e. The van der Waals surface area contributed by atoms with Crippen LogP contribution in [-0.4, -0.2) is 11.5 Å². The van der Waals surface area contributed by atoms with Gasteiger partial charge in [0.1, 0.15) is 5.82 Å². The molecule has 0 amide bonds. The van der Waals surface area contributed by atoms with Crippen LogP contribution in [0.2, 0.25) is 0 Å². The monoisotopic (exact) mass is 260 g/mol. The highest BCUT2D eigenvalue weighted by molar-refractivity contribution is 5.65. The van der Waals surface area contributed by atoms with E-state index in [0.29, 0.717) is 12.2 Å². The summed E-state index contributed by atoms with van der Waals surface area (Å²) in [6.07, 6.45) is 0. The summed E-state index contributed by atoms with van der Waals surface area (Å²) in [6.45, 7) is 2.49. The second-order valence-electron chi connectivity index (χ2n) is 4.00. The number of non-ortho nitro benzene ring substituents is 1. The molecular formula is C14H13FN2O2. The van der Waals surface area contributed by atoms with Crippen LogP contribution in [0.3, 0.4) is 0 Å². The van der Waals surface area contributed by atoms with Crippen LogP contribution in [0.1, 0.15) is 6.92 Å². The molecule has 98 valence electrons. The molecule has 0 bridgehead atoms. The quantitative estimate of drug-likeness (QED) is 0.618. The van der Waals surface area contributed by atoms with E-state index in [1.54, 1.807) is 0 Å². The van der Waals surface area contributed by atoms with E-state index in [1.807, 2.05) is 42.2 Å². The van der Waals surface area contributed by atoms with E-state index in [4.69, 9.17) is 0 Å². The van der Waals surface area contributed by atoms with Crippen LogP contribution >= 0.6 is 0 Å². The van der Waals surface area contributed by atoms with Crippen molar-refractivity contribution in [2.75, 3.05) is 11.4 Å². The molecule has 19 heavy (non-hydrogen) atoms. The van der Waals surface area contributed by atoms with Crippen LogP contribution in [0.4, 0.5) is 21.5 Å². The third-order valence-electron chi connectivity index (χ3n) is 2.77. The SMILES string of the molecule is CCN(c1ccccc1)c1cc(F)cc([N+](=O)[O-])c1. The summed E-state index contributed by atoms with van der Waals surface area (Å²) in [5.74, 6) is -0.612. The van der Waals surface area contributed by atoms with Gasteiger partial charge < -0.3 is 4.90 Å². The van der Waals surface area contributed by atoms with E-state index < -0.39 is 10.7 Å². The van der Waals surface area contributed by atoms with Crippen LogP contribution in [0.5, 0.6) is 0 Å². The predicted octanol–water partition coefficient (Wildman–Crippen LogP) is 3.89. The fourth-order valence-electron chi connectivity index (χ4n) is 1.94. The number of hydrogen-bond donors (Lipinski definition) is 0. The van der Waals surface area contributed by atoms with Crippen molar-refractivity contribution in [2.45, 2.75) is 6.92 Å². The Morgan fingerprint density at radius 1 is 1.16 bits per heavy atom. The highest BCUT2D eigenvalue weighted by atomic mass is 19.1. The summed E-state index contributed by atoms with van der Waals surface area (Å²) >= 11 is 0. The lowest BCUT2D eigenvalue weighted by atomic mass is 10.2. The molecule has 5 heteroatoms. The van der Waals surface area contributed by atoms with Crippen molar-refractivity contribution in [3.05, 3.63) is 64.5 Å². The average Bonchev–Trinajstić information content (AvgIpc) is 2.40. The van der Waals surface area contributed by atoms with E-state index >= 15 is 0 Å². The van der Waals surface area contributed by atoms with Crippen molar-refractivity contribution in [1.29, 1.82) is 0 Å². The lowest BCUT2D eigenvalue weighted by molar-refractivity contribution is -0.385. The molecule has 0 radical (unpaired) electrons. The van der Waals surface area contributed by atoms with Gasteiger partial charge in [-0.1, -0.05) is 18.2 Å². The minimum atomic E-state index is -0.612. The lowest BCUT2D eigenvalue weighted by Gasteiger charge is -2.23. The van der Waals surface area contributed by atoms with Gasteiger partial charge in [-0.25, -0.2) is 4.39 Å². The number of benzene rings is 2. The Bertz CT molecular complexity index is 587. The number of hydrogen-bond acceptors (Lipinski definition) is 3. The van der Waals surface area contributed by atoms with E-state index in [1.165, 1.54) is 12.1 Å². The summed E-state index contributed by atoms with van der Waals surface area (Å²) < 4.78 is 13.5. The zero-order chi connectivity index (χ0) is 13.8. The van der Waals surface area contributed by atoms with Crippen LogP contribution in [-0.2, 0) is 0 Å². The zero-order valence-electron chi connectivity index (χ0n) is 10.4. The zero-order valence-corrected chi connectivity index (χ0v) is 10.4. The van der Waals surface area contributed by atoms with Gasteiger partial charge in [-0.2, -0.15) is 0 Å². The summed E-state index contributed by atoms with van der Waals surface area (Å²) in [5, 5.41) is 10.8. The molecule has 0 aliphatic carbocycles. The maximum absolute atomic E-state index is 13.5. The number of anilines is 2. The van der Waals surface area contributed by atoms with Crippen LogP contribution in [0.15, 0.2) is 48.5 Å². The standard InChI is InChI=1S/C14H13FN2O2/c1-2-16(12-6-4-3-5-7-12)13-8-11(15)9-14(10-13)17(18)19/h3-10H,2H2,1H3. The predicted molar refractivity (Wildman–Crippen MR) is 72.2 cm³/mol. The van der Waals surface area contributed by atoms with E-state index in [2.05, 4.69) is 0 Å². The van der Waals surface area contributed by atoms with Gasteiger partial charge in [-0.05, 0) is 25.1 Å². The van der Waals surface area contributed by atoms with Gasteiger partial charge in [0.15, 0.2) is 0 Å². The first kappa shape index (κ1) is 13.0. The van der Waals surface area contributed by atoms with Crippen molar-refractivity contribution >= 4 is 17.1 Å². The fraction of sp³-hybridized carbons (Fsp3) is 0.143. The van der Waals surface area contributed by atoms with Gasteiger partial charge in [-0.15, -0.1) is 0 Å². The van der Waals surface area contributed by atoms with Crippen LogP contribution < -0.4 is 4.90 Å². The van der Waals surface area contributed by atoms with E-state index in [0.717, 1.165) is 11.8 Å². The Morgan fingerprint density at radius 2 is 1.84 bits per heavy atom. The maximum atomic E-state index is 13.5. The van der Waals surface area contributed by atoms with Crippen LogP contribution in [0, 0.1) is 15.9 Å². The Hall–Kier alpha value is -2.43. The molecule has 0 aromatic heterocycles. The van der Waals surface area contributed by atoms with Crippen molar-refractivity contribution in [3.8, 4) is 0 Å². The molecule has 0 saturated carbocycles. The third kappa shape index (κ3) is 2.88.